The number of rotatable bonds is 6. The van der Waals surface area contributed by atoms with Crippen molar-refractivity contribution >= 4 is 22.6 Å². The second-order valence-electron chi connectivity index (χ2n) is 9.56. The normalized spacial score (nSPS) is 16.6. The van der Waals surface area contributed by atoms with Gasteiger partial charge in [0.25, 0.3) is 0 Å². The van der Waals surface area contributed by atoms with E-state index in [0.29, 0.717) is 18.2 Å². The molecule has 1 amide bonds. The zero-order chi connectivity index (χ0) is 22.7. The van der Waals surface area contributed by atoms with Gasteiger partial charge in [-0.15, -0.1) is 0 Å². The number of nitrogens with two attached hydrogens (primary N) is 1. The van der Waals surface area contributed by atoms with Gasteiger partial charge >= 0.3 is 0 Å². The highest BCUT2D eigenvalue weighted by molar-refractivity contribution is 5.87. The lowest BCUT2D eigenvalue weighted by Crippen LogP contribution is -2.41. The fraction of sp³-hybridized carbons (Fsp3) is 0.429. The Kier molecular flexibility index (Phi) is 6.78. The third-order valence-electron chi connectivity index (χ3n) is 7.08. The van der Waals surface area contributed by atoms with Gasteiger partial charge in [0.2, 0.25) is 5.91 Å². The summed E-state index contributed by atoms with van der Waals surface area (Å²) in [7, 11) is 0. The average Bonchev–Trinajstić information content (AvgIpc) is 2.80. The van der Waals surface area contributed by atoms with Crippen LogP contribution < -0.4 is 11.1 Å². The van der Waals surface area contributed by atoms with Gasteiger partial charge in [0.15, 0.2) is 0 Å². The van der Waals surface area contributed by atoms with Crippen LogP contribution in [0, 0.1) is 18.8 Å². The number of nitrogens with one attached hydrogen (secondary N) is 1. The second kappa shape index (κ2) is 9.72. The first-order valence-corrected chi connectivity index (χ1v) is 12.0. The standard InChI is InChI=1S/C28H35N3O/c1-18-9-7-8-12-25(18)22-13-14-26-23(16-22)17-24(27(29)31-26)15-19(2)28(32)30-20(3)21-10-5-4-6-11-21/h7-9,12-14,16-17,19-21H,4-6,10-11,15H2,1-3H3,(H2,29,31)(H,30,32)/t19?,20-/m1/s1. The van der Waals surface area contributed by atoms with Crippen molar-refractivity contribution in [3.63, 3.8) is 0 Å². The van der Waals surface area contributed by atoms with E-state index in [0.717, 1.165) is 16.5 Å². The highest BCUT2D eigenvalue weighted by Gasteiger charge is 2.24. The molecule has 1 aromatic heterocycles. The number of fused-ring (bicyclic) bond motifs is 1. The molecule has 4 nitrogen and oxygen atoms in total. The molecule has 168 valence electrons. The Morgan fingerprint density at radius 1 is 1.09 bits per heavy atom. The van der Waals surface area contributed by atoms with Crippen molar-refractivity contribution in [1.82, 2.24) is 10.3 Å². The summed E-state index contributed by atoms with van der Waals surface area (Å²) in [5.74, 6) is 1.08. The maximum atomic E-state index is 12.9. The average molecular weight is 430 g/mol. The largest absolute Gasteiger partial charge is 0.383 e. The fourth-order valence-corrected chi connectivity index (χ4v) is 5.00. The molecular weight excluding hydrogens is 394 g/mol. The van der Waals surface area contributed by atoms with Crippen molar-refractivity contribution in [2.24, 2.45) is 11.8 Å². The molecule has 3 N–H and O–H groups in total. The van der Waals surface area contributed by atoms with E-state index in [4.69, 9.17) is 5.73 Å². The molecular formula is C28H35N3O. The van der Waals surface area contributed by atoms with Gasteiger partial charge in [0, 0.05) is 17.3 Å². The van der Waals surface area contributed by atoms with Crippen LogP contribution in [0.1, 0.15) is 57.1 Å². The molecule has 4 heteroatoms. The zero-order valence-electron chi connectivity index (χ0n) is 19.5. The van der Waals surface area contributed by atoms with Gasteiger partial charge in [-0.25, -0.2) is 4.98 Å². The summed E-state index contributed by atoms with van der Waals surface area (Å²) in [6, 6.07) is 17.0. The van der Waals surface area contributed by atoms with Crippen molar-refractivity contribution in [2.75, 3.05) is 5.73 Å². The van der Waals surface area contributed by atoms with Crippen LogP contribution in [0.3, 0.4) is 0 Å². The Morgan fingerprint density at radius 3 is 2.59 bits per heavy atom. The molecule has 0 bridgehead atoms. The molecule has 2 aromatic carbocycles. The summed E-state index contributed by atoms with van der Waals surface area (Å²) in [6.45, 7) is 6.26. The number of amides is 1. The number of hydrogen-bond donors (Lipinski definition) is 2. The van der Waals surface area contributed by atoms with E-state index < -0.39 is 0 Å². The number of aromatic nitrogens is 1. The summed E-state index contributed by atoms with van der Waals surface area (Å²) >= 11 is 0. The lowest BCUT2D eigenvalue weighted by atomic mass is 9.84. The van der Waals surface area contributed by atoms with E-state index >= 15 is 0 Å². The Hall–Kier alpha value is -2.88. The maximum absolute atomic E-state index is 12.9. The highest BCUT2D eigenvalue weighted by Crippen LogP contribution is 2.29. The predicted molar refractivity (Wildman–Crippen MR) is 133 cm³/mol. The molecule has 32 heavy (non-hydrogen) atoms. The van der Waals surface area contributed by atoms with Crippen LogP contribution in [0.15, 0.2) is 48.5 Å². The SMILES string of the molecule is Cc1ccccc1-c1ccc2nc(N)c(CC(C)C(=O)N[C@H](C)C3CCCCC3)cc2c1. The Morgan fingerprint density at radius 2 is 1.84 bits per heavy atom. The van der Waals surface area contributed by atoms with Gasteiger partial charge in [0.1, 0.15) is 5.82 Å². The molecule has 2 atom stereocenters. The summed E-state index contributed by atoms with van der Waals surface area (Å²) in [5.41, 5.74) is 11.7. The van der Waals surface area contributed by atoms with Crippen molar-refractivity contribution in [3.8, 4) is 11.1 Å². The van der Waals surface area contributed by atoms with E-state index in [1.165, 1.54) is 48.8 Å². The molecule has 3 aromatic rings. The minimum absolute atomic E-state index is 0.108. The number of aryl methyl sites for hydroxylation is 1. The van der Waals surface area contributed by atoms with Crippen molar-refractivity contribution in [1.29, 1.82) is 0 Å². The van der Waals surface area contributed by atoms with Crippen molar-refractivity contribution in [3.05, 3.63) is 59.7 Å². The van der Waals surface area contributed by atoms with Gasteiger partial charge in [0.05, 0.1) is 5.52 Å². The van der Waals surface area contributed by atoms with Crippen molar-refractivity contribution in [2.45, 2.75) is 65.3 Å². The summed E-state index contributed by atoms with van der Waals surface area (Å²) in [5, 5.41) is 4.32. The van der Waals surface area contributed by atoms with Gasteiger partial charge in [-0.3, -0.25) is 4.79 Å². The highest BCUT2D eigenvalue weighted by atomic mass is 16.1. The monoisotopic (exact) mass is 429 g/mol. The van der Waals surface area contributed by atoms with Crippen molar-refractivity contribution < 1.29 is 4.79 Å². The van der Waals surface area contributed by atoms with Crippen LogP contribution in [0.4, 0.5) is 5.82 Å². The maximum Gasteiger partial charge on any atom is 0.223 e. The first-order valence-electron chi connectivity index (χ1n) is 12.0. The predicted octanol–water partition coefficient (Wildman–Crippen LogP) is 6.06. The number of anilines is 1. The molecule has 0 radical (unpaired) electrons. The third-order valence-corrected chi connectivity index (χ3v) is 7.08. The Bertz CT molecular complexity index is 1100. The summed E-state index contributed by atoms with van der Waals surface area (Å²) in [4.78, 5) is 17.5. The van der Waals surface area contributed by atoms with Gasteiger partial charge in [-0.2, -0.15) is 0 Å². The topological polar surface area (TPSA) is 68.0 Å². The van der Waals surface area contributed by atoms with E-state index in [9.17, 15) is 4.79 Å². The summed E-state index contributed by atoms with van der Waals surface area (Å²) in [6.07, 6.45) is 6.93. The number of hydrogen-bond acceptors (Lipinski definition) is 3. The molecule has 1 aliphatic carbocycles. The molecule has 1 unspecified atom stereocenters. The number of pyridine rings is 1. The van der Waals surface area contributed by atoms with Crippen LogP contribution in [-0.4, -0.2) is 16.9 Å². The van der Waals surface area contributed by atoms with E-state index in [1.807, 2.05) is 13.0 Å². The lowest BCUT2D eigenvalue weighted by Gasteiger charge is -2.29. The molecule has 1 fully saturated rings. The van der Waals surface area contributed by atoms with E-state index in [1.54, 1.807) is 0 Å². The molecule has 1 saturated carbocycles. The summed E-state index contributed by atoms with van der Waals surface area (Å²) < 4.78 is 0. The first kappa shape index (κ1) is 22.3. The third kappa shape index (κ3) is 4.95. The van der Waals surface area contributed by atoms with Gasteiger partial charge in [-0.1, -0.05) is 56.5 Å². The minimum Gasteiger partial charge on any atom is -0.383 e. The molecule has 0 saturated heterocycles. The van der Waals surface area contributed by atoms with Crippen LogP contribution in [0.25, 0.3) is 22.0 Å². The zero-order valence-corrected chi connectivity index (χ0v) is 19.5. The van der Waals surface area contributed by atoms with Crippen LogP contribution in [0.2, 0.25) is 0 Å². The Labute approximate surface area is 191 Å². The number of nitrogen functional groups attached to an aromatic ring is 1. The van der Waals surface area contributed by atoms with Gasteiger partial charge < -0.3 is 11.1 Å². The number of nitrogens with zero attached hydrogens (tertiary/aromatic N) is 1. The number of carbonyl (C=O) groups excluding carboxylic acids is 1. The minimum atomic E-state index is -0.151. The fourth-order valence-electron chi connectivity index (χ4n) is 5.00. The lowest BCUT2D eigenvalue weighted by molar-refractivity contribution is -0.125. The molecule has 4 rings (SSSR count). The first-order chi connectivity index (χ1) is 15.4. The Balaban J connectivity index is 1.51. The molecule has 1 aliphatic rings. The smallest absolute Gasteiger partial charge is 0.223 e. The van der Waals surface area contributed by atoms with Crippen LogP contribution >= 0.6 is 0 Å². The van der Waals surface area contributed by atoms with Gasteiger partial charge in [-0.05, 0) is 79.5 Å². The molecule has 1 heterocycles. The second-order valence-corrected chi connectivity index (χ2v) is 9.56. The number of benzene rings is 2. The van der Waals surface area contributed by atoms with Crippen LogP contribution in [-0.2, 0) is 11.2 Å². The quantitative estimate of drug-likeness (QED) is 0.501. The van der Waals surface area contributed by atoms with Crippen LogP contribution in [0.5, 0.6) is 0 Å². The van der Waals surface area contributed by atoms with E-state index in [-0.39, 0.29) is 17.9 Å². The molecule has 0 aliphatic heterocycles. The number of carbonyl (C=O) groups is 1. The van der Waals surface area contributed by atoms with E-state index in [2.05, 4.69) is 66.6 Å². The molecule has 0 spiro atoms.